The third-order valence-electron chi connectivity index (χ3n) is 2.67. The van der Waals surface area contributed by atoms with Crippen molar-refractivity contribution in [3.05, 3.63) is 29.8 Å². The maximum atomic E-state index is 13.3. The second kappa shape index (κ2) is 6.98. The molecule has 0 aliphatic rings. The number of ketones is 1. The van der Waals surface area contributed by atoms with Crippen LogP contribution in [0.3, 0.4) is 0 Å². The first-order valence-electron chi connectivity index (χ1n) is 6.19. The molecule has 0 radical (unpaired) electrons. The van der Waals surface area contributed by atoms with Gasteiger partial charge in [-0.25, -0.2) is 8.78 Å². The number of hydrogen-bond acceptors (Lipinski definition) is 3. The van der Waals surface area contributed by atoms with E-state index in [4.69, 9.17) is 4.74 Å². The van der Waals surface area contributed by atoms with Crippen molar-refractivity contribution in [1.82, 2.24) is 5.32 Å². The van der Waals surface area contributed by atoms with E-state index in [-0.39, 0.29) is 17.5 Å². The van der Waals surface area contributed by atoms with E-state index in [0.29, 0.717) is 0 Å². The van der Waals surface area contributed by atoms with Crippen molar-refractivity contribution in [2.45, 2.75) is 26.8 Å². The summed E-state index contributed by atoms with van der Waals surface area (Å²) < 4.78 is 31.1. The van der Waals surface area contributed by atoms with Gasteiger partial charge in [-0.15, -0.1) is 0 Å². The van der Waals surface area contributed by atoms with Gasteiger partial charge >= 0.3 is 0 Å². The summed E-state index contributed by atoms with van der Waals surface area (Å²) >= 11 is 0. The minimum absolute atomic E-state index is 0.0673. The number of carbonyl (C=O) groups excluding carboxylic acids is 2. The number of Topliss-reactive ketones (excluding diaryl/α,β-unsaturated/α-hetero) is 1. The Morgan fingerprint density at radius 2 is 1.95 bits per heavy atom. The quantitative estimate of drug-likeness (QED) is 0.870. The maximum Gasteiger partial charge on any atom is 0.258 e. The summed E-state index contributed by atoms with van der Waals surface area (Å²) in [4.78, 5) is 23.0. The van der Waals surface area contributed by atoms with Crippen LogP contribution in [-0.2, 0) is 9.59 Å². The molecule has 0 aliphatic carbocycles. The average Bonchev–Trinajstić information content (AvgIpc) is 2.36. The first kappa shape index (κ1) is 16.1. The van der Waals surface area contributed by atoms with Crippen LogP contribution in [0.5, 0.6) is 5.75 Å². The van der Waals surface area contributed by atoms with Crippen molar-refractivity contribution in [2.75, 3.05) is 6.61 Å². The molecule has 110 valence electrons. The molecule has 20 heavy (non-hydrogen) atoms. The largest absolute Gasteiger partial charge is 0.481 e. The molecule has 1 aromatic carbocycles. The molecule has 0 aromatic heterocycles. The second-order valence-corrected chi connectivity index (χ2v) is 4.76. The minimum Gasteiger partial charge on any atom is -0.481 e. The predicted octanol–water partition coefficient (Wildman–Crippen LogP) is 2.07. The van der Waals surface area contributed by atoms with Gasteiger partial charge in [-0.1, -0.05) is 13.8 Å². The van der Waals surface area contributed by atoms with Gasteiger partial charge in [-0.2, -0.15) is 0 Å². The molecule has 0 saturated heterocycles. The van der Waals surface area contributed by atoms with E-state index in [9.17, 15) is 18.4 Å². The Labute approximate surface area is 116 Å². The third-order valence-corrected chi connectivity index (χ3v) is 2.67. The number of benzene rings is 1. The molecule has 6 heteroatoms. The Bertz CT molecular complexity index is 503. The lowest BCUT2D eigenvalue weighted by Gasteiger charge is -2.19. The number of nitrogens with one attached hydrogen (secondary N) is 1. The van der Waals surface area contributed by atoms with Crippen LogP contribution < -0.4 is 10.1 Å². The normalized spacial score (nSPS) is 12.1. The van der Waals surface area contributed by atoms with Crippen LogP contribution in [0.1, 0.15) is 20.8 Å². The van der Waals surface area contributed by atoms with E-state index in [1.807, 2.05) is 0 Å². The Kier molecular flexibility index (Phi) is 5.61. The fourth-order valence-electron chi connectivity index (χ4n) is 1.68. The topological polar surface area (TPSA) is 55.4 Å². The van der Waals surface area contributed by atoms with Crippen LogP contribution in [0.2, 0.25) is 0 Å². The number of halogens is 2. The summed E-state index contributed by atoms with van der Waals surface area (Å²) in [5, 5.41) is 2.49. The molecule has 0 fully saturated rings. The Morgan fingerprint density at radius 3 is 2.50 bits per heavy atom. The van der Waals surface area contributed by atoms with Crippen molar-refractivity contribution in [2.24, 2.45) is 5.92 Å². The zero-order valence-corrected chi connectivity index (χ0v) is 11.6. The summed E-state index contributed by atoms with van der Waals surface area (Å²) in [6.07, 6.45) is 0. The van der Waals surface area contributed by atoms with Gasteiger partial charge in [0.15, 0.2) is 24.0 Å². The number of rotatable bonds is 6. The Balaban J connectivity index is 2.59. The van der Waals surface area contributed by atoms with E-state index in [2.05, 4.69) is 5.32 Å². The van der Waals surface area contributed by atoms with Crippen molar-refractivity contribution >= 4 is 11.7 Å². The highest BCUT2D eigenvalue weighted by atomic mass is 19.1. The first-order valence-corrected chi connectivity index (χ1v) is 6.19. The second-order valence-electron chi connectivity index (χ2n) is 4.76. The number of amides is 1. The lowest BCUT2D eigenvalue weighted by Crippen LogP contribution is -2.45. The number of ether oxygens (including phenoxy) is 1. The van der Waals surface area contributed by atoms with Crippen LogP contribution in [0.4, 0.5) is 8.78 Å². The molecule has 0 bridgehead atoms. The molecule has 0 heterocycles. The molecule has 1 atom stereocenters. The van der Waals surface area contributed by atoms with Crippen LogP contribution in [-0.4, -0.2) is 24.3 Å². The predicted molar refractivity (Wildman–Crippen MR) is 69.3 cm³/mol. The third kappa shape index (κ3) is 4.60. The molecule has 1 N–H and O–H groups in total. The molecule has 0 saturated carbocycles. The monoisotopic (exact) mass is 285 g/mol. The minimum atomic E-state index is -0.758. The molecular weight excluding hydrogens is 268 g/mol. The van der Waals surface area contributed by atoms with E-state index >= 15 is 0 Å². The standard InChI is InChI=1S/C14H17F2NO3/c1-8(2)14(9(3)18)17-13(19)7-20-12-6-10(15)4-5-11(12)16/h4-6,8,14H,7H2,1-3H3,(H,17,19). The van der Waals surface area contributed by atoms with Gasteiger partial charge in [0.05, 0.1) is 6.04 Å². The van der Waals surface area contributed by atoms with Gasteiger partial charge in [0, 0.05) is 6.07 Å². The van der Waals surface area contributed by atoms with Gasteiger partial charge < -0.3 is 10.1 Å². The molecule has 1 amide bonds. The van der Waals surface area contributed by atoms with E-state index < -0.39 is 30.2 Å². The summed E-state index contributed by atoms with van der Waals surface area (Å²) in [6.45, 7) is 4.47. The smallest absolute Gasteiger partial charge is 0.258 e. The summed E-state index contributed by atoms with van der Waals surface area (Å²) in [5.74, 6) is -2.57. The van der Waals surface area contributed by atoms with Crippen molar-refractivity contribution in [3.8, 4) is 5.75 Å². The Hall–Kier alpha value is -1.98. The van der Waals surface area contributed by atoms with Crippen molar-refractivity contribution < 1.29 is 23.1 Å². The highest BCUT2D eigenvalue weighted by Crippen LogP contribution is 2.17. The van der Waals surface area contributed by atoms with Crippen LogP contribution in [0.25, 0.3) is 0 Å². The van der Waals surface area contributed by atoms with Crippen LogP contribution in [0, 0.1) is 17.6 Å². The van der Waals surface area contributed by atoms with Crippen molar-refractivity contribution in [1.29, 1.82) is 0 Å². The summed E-state index contributed by atoms with van der Waals surface area (Å²) in [7, 11) is 0. The summed E-state index contributed by atoms with van der Waals surface area (Å²) in [6, 6.07) is 2.10. The number of carbonyl (C=O) groups is 2. The van der Waals surface area contributed by atoms with E-state index in [0.717, 1.165) is 18.2 Å². The highest BCUT2D eigenvalue weighted by Gasteiger charge is 2.20. The fraction of sp³-hybridized carbons (Fsp3) is 0.429. The zero-order valence-electron chi connectivity index (χ0n) is 11.6. The zero-order chi connectivity index (χ0) is 15.3. The van der Waals surface area contributed by atoms with Crippen LogP contribution in [0.15, 0.2) is 18.2 Å². The molecule has 1 rings (SSSR count). The van der Waals surface area contributed by atoms with Gasteiger partial charge in [0.25, 0.3) is 5.91 Å². The lowest BCUT2D eigenvalue weighted by molar-refractivity contribution is -0.129. The average molecular weight is 285 g/mol. The maximum absolute atomic E-state index is 13.3. The van der Waals surface area contributed by atoms with Gasteiger partial charge in [0.1, 0.15) is 5.82 Å². The highest BCUT2D eigenvalue weighted by molar-refractivity contribution is 5.88. The SMILES string of the molecule is CC(=O)C(NC(=O)COc1cc(F)ccc1F)C(C)C. The van der Waals surface area contributed by atoms with E-state index in [1.54, 1.807) is 13.8 Å². The molecule has 1 unspecified atom stereocenters. The molecule has 0 spiro atoms. The molecule has 4 nitrogen and oxygen atoms in total. The summed E-state index contributed by atoms with van der Waals surface area (Å²) in [5.41, 5.74) is 0. The van der Waals surface area contributed by atoms with Crippen molar-refractivity contribution in [3.63, 3.8) is 0 Å². The van der Waals surface area contributed by atoms with E-state index in [1.165, 1.54) is 6.92 Å². The fourth-order valence-corrected chi connectivity index (χ4v) is 1.68. The Morgan fingerprint density at radius 1 is 1.30 bits per heavy atom. The molecule has 0 aliphatic heterocycles. The van der Waals surface area contributed by atoms with Crippen LogP contribution >= 0.6 is 0 Å². The van der Waals surface area contributed by atoms with Gasteiger partial charge in [-0.3, -0.25) is 9.59 Å². The van der Waals surface area contributed by atoms with Gasteiger partial charge in [0.2, 0.25) is 0 Å². The number of hydrogen-bond donors (Lipinski definition) is 1. The molecular formula is C14H17F2NO3. The first-order chi connectivity index (χ1) is 9.31. The lowest BCUT2D eigenvalue weighted by atomic mass is 10.0. The molecule has 1 aromatic rings. The van der Waals surface area contributed by atoms with Gasteiger partial charge in [-0.05, 0) is 25.0 Å².